The third kappa shape index (κ3) is 22.3. The zero-order valence-corrected chi connectivity index (χ0v) is 10.1. The van der Waals surface area contributed by atoms with Gasteiger partial charge in [-0.1, -0.05) is 0 Å². The molecule has 0 saturated carbocycles. The molecule has 0 aromatic rings. The Bertz CT molecular complexity index is 7.61. The van der Waals surface area contributed by atoms with E-state index in [-0.39, 0.29) is 84.7 Å². The molecule has 0 heterocycles. The van der Waals surface area contributed by atoms with Crippen molar-refractivity contribution in [2.75, 3.05) is 0 Å². The van der Waals surface area contributed by atoms with Gasteiger partial charge in [-0.25, -0.2) is 0 Å². The predicted octanol–water partition coefficient (Wildman–Crippen LogP) is -6.35. The van der Waals surface area contributed by atoms with Crippen LogP contribution in [0.15, 0.2) is 0 Å². The van der Waals surface area contributed by atoms with Crippen LogP contribution in [0.3, 0.4) is 0 Å². The Kier molecular flexibility index (Phi) is 381. The molecule has 2 N–H and O–H groups in total. The molecule has 5 heavy (non-hydrogen) atoms. The first-order chi connectivity index (χ1) is 0. The van der Waals surface area contributed by atoms with E-state index in [9.17, 15) is 0 Å². The van der Waals surface area contributed by atoms with Gasteiger partial charge >= 0.3 is 25.8 Å². The van der Waals surface area contributed by atoms with E-state index >= 15 is 0 Å². The summed E-state index contributed by atoms with van der Waals surface area (Å²) >= 11 is 0. The van der Waals surface area contributed by atoms with Crippen LogP contribution in [-0.4, -0.2) is 11.0 Å². The molecule has 0 fully saturated rings. The van der Waals surface area contributed by atoms with Gasteiger partial charge in [0.15, 0.2) is 0 Å². The van der Waals surface area contributed by atoms with Gasteiger partial charge in [0, 0.05) is 0 Å². The fourth-order valence-corrected chi connectivity index (χ4v) is 0. The minimum atomic E-state index is 0. The molecular formula is H2HfI2O2. The minimum Gasteiger partial charge on any atom is -1.00 e. The standard InChI is InChI=1S/Hf.2HI.2H2O/h;2*1H;2*1H2/q+4;;;;/p-4. The number of hydrogen-bond acceptors (Lipinski definition) is 2. The molecule has 0 amide bonds. The topological polar surface area (TPSA) is 60.0 Å². The molecule has 0 rings (SSSR count). The van der Waals surface area contributed by atoms with Gasteiger partial charge in [-0.15, -0.1) is 0 Å². The van der Waals surface area contributed by atoms with E-state index in [1.165, 1.54) is 0 Å². The average Bonchev–Trinajstić information content (AvgIpc) is 0. The first kappa shape index (κ1) is 55.9. The molecule has 0 aliphatic heterocycles. The summed E-state index contributed by atoms with van der Waals surface area (Å²) in [7, 11) is 0. The molecule has 0 saturated heterocycles. The van der Waals surface area contributed by atoms with E-state index in [0.29, 0.717) is 0 Å². The summed E-state index contributed by atoms with van der Waals surface area (Å²) in [5.74, 6) is 0. The Morgan fingerprint density at radius 2 is 0.600 bits per heavy atom. The summed E-state index contributed by atoms with van der Waals surface area (Å²) in [6.07, 6.45) is 0. The molecule has 32 valence electrons. The normalized spacial score (nSPS) is 0. The smallest absolute Gasteiger partial charge is 1.00 e. The molecule has 0 aliphatic carbocycles. The van der Waals surface area contributed by atoms with Gasteiger partial charge in [0.2, 0.25) is 0 Å². The first-order valence-corrected chi connectivity index (χ1v) is 0. The molecule has 0 aliphatic rings. The maximum Gasteiger partial charge on any atom is 4.00 e. The fraction of sp³-hybridized carbons (Fsp3) is 0. The third-order valence-electron chi connectivity index (χ3n) is 0. The van der Waals surface area contributed by atoms with Crippen molar-refractivity contribution in [3.05, 3.63) is 0 Å². The Morgan fingerprint density at radius 3 is 0.600 bits per heavy atom. The van der Waals surface area contributed by atoms with E-state index in [1.807, 2.05) is 0 Å². The van der Waals surface area contributed by atoms with Crippen molar-refractivity contribution in [3.63, 3.8) is 0 Å². The van der Waals surface area contributed by atoms with E-state index in [4.69, 9.17) is 0 Å². The molecule has 0 aromatic carbocycles. The first-order valence-electron chi connectivity index (χ1n) is 0. The van der Waals surface area contributed by atoms with Crippen LogP contribution < -0.4 is 48.0 Å². The summed E-state index contributed by atoms with van der Waals surface area (Å²) in [4.78, 5) is 0. The third-order valence-corrected chi connectivity index (χ3v) is 0. The number of hydrogen-bond donors (Lipinski definition) is 0. The van der Waals surface area contributed by atoms with Gasteiger partial charge < -0.3 is 58.9 Å². The van der Waals surface area contributed by atoms with Gasteiger partial charge in [-0.05, 0) is 0 Å². The zero-order chi connectivity index (χ0) is 0. The second kappa shape index (κ2) is 34.0. The van der Waals surface area contributed by atoms with Crippen LogP contribution in [0.5, 0.6) is 0 Å². The van der Waals surface area contributed by atoms with E-state index < -0.39 is 0 Å². The molecule has 2 nitrogen and oxygen atoms in total. The van der Waals surface area contributed by atoms with E-state index in [2.05, 4.69) is 0 Å². The Balaban J connectivity index is 0. The molecule has 0 unspecified atom stereocenters. The van der Waals surface area contributed by atoms with Crippen LogP contribution in [0.2, 0.25) is 0 Å². The predicted molar refractivity (Wildman–Crippen MR) is 3.87 cm³/mol. The summed E-state index contributed by atoms with van der Waals surface area (Å²) < 4.78 is 0. The SMILES string of the molecule is [Hf+4].[I-].[I-].[OH-].[OH-]. The average molecular weight is 466 g/mol. The van der Waals surface area contributed by atoms with Crippen LogP contribution >= 0.6 is 0 Å². The quantitative estimate of drug-likeness (QED) is 0.264. The number of halogens is 2. The zero-order valence-electron chi connectivity index (χ0n) is 2.15. The van der Waals surface area contributed by atoms with Gasteiger partial charge in [0.25, 0.3) is 0 Å². The molecule has 0 spiro atoms. The summed E-state index contributed by atoms with van der Waals surface area (Å²) in [5.41, 5.74) is 0. The second-order valence-corrected chi connectivity index (χ2v) is 0. The van der Waals surface area contributed by atoms with Gasteiger partial charge in [0.1, 0.15) is 0 Å². The monoisotopic (exact) mass is 468 g/mol. The van der Waals surface area contributed by atoms with Crippen molar-refractivity contribution in [1.82, 2.24) is 0 Å². The van der Waals surface area contributed by atoms with Crippen LogP contribution in [0, 0.1) is 0 Å². The van der Waals surface area contributed by atoms with E-state index in [0.717, 1.165) is 0 Å². The van der Waals surface area contributed by atoms with Crippen molar-refractivity contribution < 1.29 is 84.7 Å². The van der Waals surface area contributed by atoms with Crippen molar-refractivity contribution in [2.24, 2.45) is 0 Å². The van der Waals surface area contributed by atoms with Crippen LogP contribution in [0.4, 0.5) is 0 Å². The van der Waals surface area contributed by atoms with Gasteiger partial charge in [0.05, 0.1) is 0 Å². The van der Waals surface area contributed by atoms with Crippen molar-refractivity contribution in [1.29, 1.82) is 0 Å². The minimum absolute atomic E-state index is 0. The second-order valence-electron chi connectivity index (χ2n) is 0. The van der Waals surface area contributed by atoms with Gasteiger partial charge in [-0.3, -0.25) is 0 Å². The van der Waals surface area contributed by atoms with Crippen LogP contribution in [-0.2, 0) is 25.8 Å². The molecule has 5 heteroatoms. The molecule has 0 bridgehead atoms. The Hall–Kier alpha value is 2.25. The Labute approximate surface area is 83.5 Å². The molecular weight excluding hydrogens is 464 g/mol. The van der Waals surface area contributed by atoms with Gasteiger partial charge in [-0.2, -0.15) is 0 Å². The Morgan fingerprint density at radius 1 is 0.600 bits per heavy atom. The van der Waals surface area contributed by atoms with Crippen LogP contribution in [0.25, 0.3) is 0 Å². The number of rotatable bonds is 0. The van der Waals surface area contributed by atoms with Crippen molar-refractivity contribution in [2.45, 2.75) is 0 Å². The summed E-state index contributed by atoms with van der Waals surface area (Å²) in [5, 5.41) is 0. The molecule has 0 atom stereocenters. The maximum atomic E-state index is 0. The van der Waals surface area contributed by atoms with Crippen molar-refractivity contribution in [3.8, 4) is 0 Å². The molecule has 0 radical (unpaired) electrons. The largest absolute Gasteiger partial charge is 4.00 e. The fourth-order valence-electron chi connectivity index (χ4n) is 0. The summed E-state index contributed by atoms with van der Waals surface area (Å²) in [6.45, 7) is 0. The maximum absolute atomic E-state index is 0. The van der Waals surface area contributed by atoms with Crippen LogP contribution in [0.1, 0.15) is 0 Å². The van der Waals surface area contributed by atoms with Crippen molar-refractivity contribution >= 4 is 0 Å². The van der Waals surface area contributed by atoms with E-state index in [1.54, 1.807) is 0 Å². The molecule has 0 aromatic heterocycles. The summed E-state index contributed by atoms with van der Waals surface area (Å²) in [6, 6.07) is 0.